The lowest BCUT2D eigenvalue weighted by atomic mass is 9.77. The molecule has 0 aliphatic carbocycles. The van der Waals surface area contributed by atoms with Crippen LogP contribution in [0.1, 0.15) is 47.5 Å². The summed E-state index contributed by atoms with van der Waals surface area (Å²) in [6.07, 6.45) is 2.10. The van der Waals surface area contributed by atoms with Gasteiger partial charge in [-0.1, -0.05) is 97.2 Å². The summed E-state index contributed by atoms with van der Waals surface area (Å²) in [4.78, 5) is 25.4. The molecule has 0 saturated heterocycles. The molecule has 0 saturated carbocycles. The van der Waals surface area contributed by atoms with Gasteiger partial charge >= 0.3 is 0 Å². The maximum absolute atomic E-state index is 13.0. The van der Waals surface area contributed by atoms with Crippen LogP contribution in [0.3, 0.4) is 0 Å². The highest BCUT2D eigenvalue weighted by atomic mass is 32.2. The molecule has 4 aromatic rings. The normalized spacial score (nSPS) is 14.1. The smallest absolute Gasteiger partial charge is 0.247 e. The highest BCUT2D eigenvalue weighted by Gasteiger charge is 2.37. The molecule has 0 fully saturated rings. The van der Waals surface area contributed by atoms with E-state index in [0.29, 0.717) is 16.7 Å². The highest BCUT2D eigenvalue weighted by Crippen LogP contribution is 2.31. The van der Waals surface area contributed by atoms with Gasteiger partial charge in [0, 0.05) is 12.8 Å². The van der Waals surface area contributed by atoms with Crippen molar-refractivity contribution in [3.63, 3.8) is 0 Å². The number of nitrogens with two attached hydrogens (primary N) is 2. The molecule has 2 aromatic carbocycles. The Hall–Kier alpha value is -3.23. The maximum Gasteiger partial charge on any atom is 0.247 e. The number of aryl methyl sites for hydroxylation is 2. The van der Waals surface area contributed by atoms with Crippen molar-refractivity contribution < 1.29 is 9.59 Å². The van der Waals surface area contributed by atoms with Crippen LogP contribution in [0.4, 0.5) is 10.3 Å². The minimum atomic E-state index is -0.774. The molecule has 0 aliphatic rings. The number of amides is 2. The van der Waals surface area contributed by atoms with Gasteiger partial charge in [-0.05, 0) is 29.1 Å². The van der Waals surface area contributed by atoms with Crippen LogP contribution in [-0.2, 0) is 28.0 Å². The van der Waals surface area contributed by atoms with E-state index in [-0.39, 0.29) is 11.8 Å². The molecule has 0 aliphatic heterocycles. The van der Waals surface area contributed by atoms with Gasteiger partial charge in [-0.25, -0.2) is 0 Å². The number of thioether (sulfide) groups is 1. The van der Waals surface area contributed by atoms with Gasteiger partial charge in [-0.3, -0.25) is 14.9 Å². The third-order valence-corrected chi connectivity index (χ3v) is 9.60. The van der Waals surface area contributed by atoms with E-state index in [9.17, 15) is 9.59 Å². The zero-order chi connectivity index (χ0) is 29.2. The molecule has 2 aromatic heterocycles. The fourth-order valence-corrected chi connectivity index (χ4v) is 6.80. The molecule has 0 radical (unpaired) electrons. The van der Waals surface area contributed by atoms with Gasteiger partial charge in [-0.15, -0.1) is 20.4 Å². The summed E-state index contributed by atoms with van der Waals surface area (Å²) >= 11 is 4.49. The second-order valence-electron chi connectivity index (χ2n) is 9.46. The molecule has 2 amide bonds. The minimum absolute atomic E-state index is 0.176. The van der Waals surface area contributed by atoms with E-state index in [2.05, 4.69) is 31.0 Å². The average Bonchev–Trinajstić information content (AvgIpc) is 3.65. The van der Waals surface area contributed by atoms with Crippen LogP contribution in [-0.4, -0.2) is 43.7 Å². The van der Waals surface area contributed by atoms with Gasteiger partial charge in [0.1, 0.15) is 16.1 Å². The molecule has 3 atom stereocenters. The maximum atomic E-state index is 13.0. The molecule has 2 heterocycles. The number of carbonyl (C=O) groups excluding carboxylic acids is 2. The number of nitrogens with zero attached hydrogens (tertiary/aromatic N) is 4. The van der Waals surface area contributed by atoms with E-state index in [1.165, 1.54) is 22.7 Å². The Labute approximate surface area is 251 Å². The van der Waals surface area contributed by atoms with Crippen LogP contribution < -0.4 is 22.1 Å². The average molecular weight is 611 g/mol. The summed E-state index contributed by atoms with van der Waals surface area (Å²) < 4.78 is 0. The fourth-order valence-electron chi connectivity index (χ4n) is 4.18. The summed E-state index contributed by atoms with van der Waals surface area (Å²) in [5.41, 5.74) is 13.6. The van der Waals surface area contributed by atoms with Gasteiger partial charge in [0.15, 0.2) is 0 Å². The molecule has 0 spiro atoms. The standard InChI is InChI=1S/C28H34N8O2S3/c1-3-28(30,20-12-8-5-9-13-20)18(2)24(37)31-26-35-33-21(40-26)14-16-39-17-15-22-34-36-27(41-22)32-25(38)23(29)19-10-6-4-7-11-19/h4-13,18,23H,3,14-17,29-30H2,1-2H3,(H,31,35,37)(H,32,36,38). The number of hydrogen-bond donors (Lipinski definition) is 4. The highest BCUT2D eigenvalue weighted by molar-refractivity contribution is 7.99. The SMILES string of the molecule is CCC(N)(c1ccccc1)C(C)C(=O)Nc1nnc(CCSCCc2nnc(NC(=O)C(N)c3ccccc3)s2)s1. The second-order valence-corrected chi connectivity index (χ2v) is 12.8. The summed E-state index contributed by atoms with van der Waals surface area (Å²) in [6.45, 7) is 3.83. The number of anilines is 2. The monoisotopic (exact) mass is 610 g/mol. The van der Waals surface area contributed by atoms with E-state index in [4.69, 9.17) is 11.5 Å². The molecule has 13 heteroatoms. The molecule has 0 bridgehead atoms. The number of hydrogen-bond acceptors (Lipinski definition) is 11. The van der Waals surface area contributed by atoms with Gasteiger partial charge in [0.25, 0.3) is 0 Å². The fraction of sp³-hybridized carbons (Fsp3) is 0.357. The Bertz CT molecular complexity index is 1420. The lowest BCUT2D eigenvalue weighted by Gasteiger charge is -2.34. The van der Waals surface area contributed by atoms with E-state index < -0.39 is 17.5 Å². The number of carbonyl (C=O) groups is 2. The van der Waals surface area contributed by atoms with Crippen LogP contribution in [0.5, 0.6) is 0 Å². The van der Waals surface area contributed by atoms with Crippen molar-refractivity contribution in [3.8, 4) is 0 Å². The number of benzene rings is 2. The summed E-state index contributed by atoms with van der Waals surface area (Å²) in [6, 6.07) is 18.1. The van der Waals surface area contributed by atoms with Crippen molar-refractivity contribution in [3.05, 3.63) is 81.8 Å². The predicted octanol–water partition coefficient (Wildman–Crippen LogP) is 4.39. The number of aromatic nitrogens is 4. The lowest BCUT2D eigenvalue weighted by molar-refractivity contribution is -0.121. The van der Waals surface area contributed by atoms with Crippen molar-refractivity contribution in [2.45, 2.75) is 44.7 Å². The Morgan fingerprint density at radius 2 is 1.37 bits per heavy atom. The molecule has 10 nitrogen and oxygen atoms in total. The van der Waals surface area contributed by atoms with E-state index >= 15 is 0 Å². The third-order valence-electron chi connectivity index (χ3n) is 6.82. The first-order valence-electron chi connectivity index (χ1n) is 13.3. The molecule has 4 rings (SSSR count). The second kappa shape index (κ2) is 14.6. The Morgan fingerprint density at radius 1 is 0.854 bits per heavy atom. The Kier molecular flexibility index (Phi) is 10.9. The van der Waals surface area contributed by atoms with Gasteiger partial charge in [0.05, 0.1) is 11.5 Å². The molecular weight excluding hydrogens is 577 g/mol. The molecular formula is C28H34N8O2S3. The van der Waals surface area contributed by atoms with Crippen molar-refractivity contribution >= 4 is 56.5 Å². The quantitative estimate of drug-likeness (QED) is 0.152. The van der Waals surface area contributed by atoms with Gasteiger partial charge in [0.2, 0.25) is 22.1 Å². The number of rotatable bonds is 14. The molecule has 3 unspecified atom stereocenters. The minimum Gasteiger partial charge on any atom is -0.321 e. The van der Waals surface area contributed by atoms with Crippen LogP contribution in [0.25, 0.3) is 0 Å². The van der Waals surface area contributed by atoms with Crippen LogP contribution in [0.15, 0.2) is 60.7 Å². The molecule has 216 valence electrons. The number of nitrogens with one attached hydrogen (secondary N) is 2. The Balaban J connectivity index is 1.17. The molecule has 41 heavy (non-hydrogen) atoms. The molecule has 6 N–H and O–H groups in total. The summed E-state index contributed by atoms with van der Waals surface area (Å²) in [5.74, 6) is 0.751. The largest absolute Gasteiger partial charge is 0.321 e. The first kappa shape index (κ1) is 30.7. The van der Waals surface area contributed by atoms with Gasteiger partial charge < -0.3 is 16.8 Å². The van der Waals surface area contributed by atoms with Crippen molar-refractivity contribution in [1.82, 2.24) is 20.4 Å². The van der Waals surface area contributed by atoms with E-state index in [0.717, 1.165) is 45.5 Å². The van der Waals surface area contributed by atoms with Crippen molar-refractivity contribution in [2.75, 3.05) is 22.1 Å². The van der Waals surface area contributed by atoms with E-state index in [1.807, 2.05) is 74.5 Å². The van der Waals surface area contributed by atoms with Gasteiger partial charge in [-0.2, -0.15) is 11.8 Å². The van der Waals surface area contributed by atoms with Crippen LogP contribution in [0, 0.1) is 5.92 Å². The van der Waals surface area contributed by atoms with Crippen molar-refractivity contribution in [2.24, 2.45) is 17.4 Å². The summed E-state index contributed by atoms with van der Waals surface area (Å²) in [7, 11) is 0. The zero-order valence-electron chi connectivity index (χ0n) is 22.9. The first-order chi connectivity index (χ1) is 19.8. The third kappa shape index (κ3) is 8.17. The first-order valence-corrected chi connectivity index (χ1v) is 16.1. The van der Waals surface area contributed by atoms with Crippen molar-refractivity contribution in [1.29, 1.82) is 0 Å². The predicted molar refractivity (Wildman–Crippen MR) is 167 cm³/mol. The van der Waals surface area contributed by atoms with Crippen LogP contribution >= 0.6 is 34.4 Å². The zero-order valence-corrected chi connectivity index (χ0v) is 25.4. The lowest BCUT2D eigenvalue weighted by Crippen LogP contribution is -2.47. The Morgan fingerprint density at radius 3 is 1.90 bits per heavy atom. The topological polar surface area (TPSA) is 162 Å². The van der Waals surface area contributed by atoms with Crippen LogP contribution in [0.2, 0.25) is 0 Å². The summed E-state index contributed by atoms with van der Waals surface area (Å²) in [5, 5.41) is 24.9. The van der Waals surface area contributed by atoms with E-state index in [1.54, 1.807) is 11.8 Å².